The molecule has 0 aliphatic carbocycles. The van der Waals surface area contributed by atoms with Crippen LogP contribution < -0.4 is 16.0 Å². The van der Waals surface area contributed by atoms with Crippen LogP contribution in [0.15, 0.2) is 35.3 Å². The second kappa shape index (κ2) is 10.2. The highest BCUT2D eigenvalue weighted by atomic mass is 16.1. The fourth-order valence-corrected chi connectivity index (χ4v) is 3.32. The second-order valence-electron chi connectivity index (χ2n) is 7.31. The lowest BCUT2D eigenvalue weighted by Crippen LogP contribution is -2.45. The van der Waals surface area contributed by atoms with Crippen LogP contribution in [0.5, 0.6) is 0 Å². The molecule has 6 heteroatoms. The van der Waals surface area contributed by atoms with Crippen LogP contribution in [0.1, 0.15) is 39.2 Å². The first-order chi connectivity index (χ1) is 12.5. The molecule has 144 valence electrons. The Hall–Kier alpha value is -2.08. The monoisotopic (exact) mass is 359 g/mol. The molecule has 1 fully saturated rings. The van der Waals surface area contributed by atoms with Gasteiger partial charge >= 0.3 is 0 Å². The Bertz CT molecular complexity index is 587. The zero-order valence-corrected chi connectivity index (χ0v) is 16.5. The largest absolute Gasteiger partial charge is 0.356 e. The summed E-state index contributed by atoms with van der Waals surface area (Å²) in [5, 5.41) is 9.63. The van der Waals surface area contributed by atoms with E-state index < -0.39 is 0 Å². The average Bonchev–Trinajstić information content (AvgIpc) is 2.93. The lowest BCUT2D eigenvalue weighted by molar-refractivity contribution is -0.121. The molecule has 2 unspecified atom stereocenters. The third-order valence-electron chi connectivity index (χ3n) is 4.59. The predicted molar refractivity (Wildman–Crippen MR) is 107 cm³/mol. The molecule has 6 nitrogen and oxygen atoms in total. The van der Waals surface area contributed by atoms with Crippen molar-refractivity contribution in [3.05, 3.63) is 35.9 Å². The Morgan fingerprint density at radius 2 is 2.04 bits per heavy atom. The van der Waals surface area contributed by atoms with Gasteiger partial charge in [-0.25, -0.2) is 0 Å². The Balaban J connectivity index is 1.75. The van der Waals surface area contributed by atoms with Crippen molar-refractivity contribution < 1.29 is 4.79 Å². The normalized spacial score (nSPS) is 21.0. The maximum Gasteiger partial charge on any atom is 0.221 e. The fraction of sp³-hybridized carbons (Fsp3) is 0.600. The first-order valence-corrected chi connectivity index (χ1v) is 9.52. The zero-order valence-electron chi connectivity index (χ0n) is 16.5. The second-order valence-corrected chi connectivity index (χ2v) is 7.31. The summed E-state index contributed by atoms with van der Waals surface area (Å²) in [7, 11) is 1.77. The number of hydrogen-bond donors (Lipinski definition) is 3. The number of amides is 1. The molecule has 1 aromatic carbocycles. The molecule has 1 aromatic rings. The van der Waals surface area contributed by atoms with E-state index in [0.717, 1.165) is 25.5 Å². The molecule has 0 bridgehead atoms. The van der Waals surface area contributed by atoms with E-state index in [1.54, 1.807) is 7.05 Å². The number of guanidine groups is 1. The van der Waals surface area contributed by atoms with Gasteiger partial charge in [-0.15, -0.1) is 0 Å². The third-order valence-corrected chi connectivity index (χ3v) is 4.59. The number of benzene rings is 1. The summed E-state index contributed by atoms with van der Waals surface area (Å²) >= 11 is 0. The van der Waals surface area contributed by atoms with Gasteiger partial charge < -0.3 is 16.0 Å². The first-order valence-electron chi connectivity index (χ1n) is 9.52. The molecule has 0 radical (unpaired) electrons. The van der Waals surface area contributed by atoms with Crippen molar-refractivity contribution in [1.82, 2.24) is 20.9 Å². The van der Waals surface area contributed by atoms with Crippen LogP contribution in [0, 0.1) is 0 Å². The summed E-state index contributed by atoms with van der Waals surface area (Å²) in [5.74, 6) is 0.826. The van der Waals surface area contributed by atoms with Crippen LogP contribution in [0.4, 0.5) is 0 Å². The summed E-state index contributed by atoms with van der Waals surface area (Å²) in [4.78, 5) is 18.5. The highest BCUT2D eigenvalue weighted by Gasteiger charge is 2.29. The molecule has 1 aliphatic rings. The summed E-state index contributed by atoms with van der Waals surface area (Å²) < 4.78 is 0. The number of rotatable bonds is 7. The van der Waals surface area contributed by atoms with E-state index in [4.69, 9.17) is 0 Å². The minimum absolute atomic E-state index is 0.0616. The van der Waals surface area contributed by atoms with Crippen LogP contribution in [-0.2, 0) is 11.3 Å². The van der Waals surface area contributed by atoms with Gasteiger partial charge in [-0.05, 0) is 32.8 Å². The summed E-state index contributed by atoms with van der Waals surface area (Å²) in [6.07, 6.45) is 1.53. The van der Waals surface area contributed by atoms with Crippen molar-refractivity contribution in [3.8, 4) is 0 Å². The van der Waals surface area contributed by atoms with Crippen molar-refractivity contribution in [2.24, 2.45) is 4.99 Å². The topological polar surface area (TPSA) is 68.8 Å². The van der Waals surface area contributed by atoms with Crippen molar-refractivity contribution >= 4 is 11.9 Å². The van der Waals surface area contributed by atoms with Gasteiger partial charge in [0.1, 0.15) is 0 Å². The molecular weight excluding hydrogens is 326 g/mol. The number of nitrogens with zero attached hydrogens (tertiary/aromatic N) is 2. The van der Waals surface area contributed by atoms with Crippen LogP contribution in [0.25, 0.3) is 0 Å². The third kappa shape index (κ3) is 6.67. The van der Waals surface area contributed by atoms with Gasteiger partial charge in [-0.3, -0.25) is 14.7 Å². The summed E-state index contributed by atoms with van der Waals surface area (Å²) in [5.41, 5.74) is 1.35. The highest BCUT2D eigenvalue weighted by molar-refractivity contribution is 5.81. The Labute approximate surface area is 157 Å². The predicted octanol–water partition coefficient (Wildman–Crippen LogP) is 1.73. The van der Waals surface area contributed by atoms with Gasteiger partial charge in [0.15, 0.2) is 5.96 Å². The Morgan fingerprint density at radius 3 is 2.69 bits per heavy atom. The number of carbonyl (C=O) groups excluding carboxylic acids is 1. The number of hydrogen-bond acceptors (Lipinski definition) is 3. The quantitative estimate of drug-likeness (QED) is 0.512. The van der Waals surface area contributed by atoms with E-state index in [-0.39, 0.29) is 11.9 Å². The molecule has 1 aliphatic heterocycles. The maximum absolute atomic E-state index is 11.7. The lowest BCUT2D eigenvalue weighted by Gasteiger charge is -2.21. The standard InChI is InChI=1S/C20H33N5O/c1-15(2)23-19(26)10-11-22-20(21-4)24-18-12-16(3)25(14-18)13-17-8-6-5-7-9-17/h5-9,15-16,18H,10-14H2,1-4H3,(H,23,26)(H2,21,22,24). The molecule has 0 spiro atoms. The van der Waals surface area contributed by atoms with Gasteiger partial charge in [0.25, 0.3) is 0 Å². The van der Waals surface area contributed by atoms with Crippen LogP contribution in [0.3, 0.4) is 0 Å². The van der Waals surface area contributed by atoms with Crippen molar-refractivity contribution in [3.63, 3.8) is 0 Å². The smallest absolute Gasteiger partial charge is 0.221 e. The molecule has 1 amide bonds. The van der Waals surface area contributed by atoms with Gasteiger partial charge in [0, 0.05) is 51.2 Å². The zero-order chi connectivity index (χ0) is 18.9. The van der Waals surface area contributed by atoms with Crippen LogP contribution in [0.2, 0.25) is 0 Å². The number of carbonyl (C=O) groups is 1. The van der Waals surface area contributed by atoms with Crippen molar-refractivity contribution in [1.29, 1.82) is 0 Å². The highest BCUT2D eigenvalue weighted by Crippen LogP contribution is 2.20. The number of aliphatic imine (C=N–C) groups is 1. The van der Waals surface area contributed by atoms with E-state index in [2.05, 4.69) is 63.1 Å². The van der Waals surface area contributed by atoms with Crippen molar-refractivity contribution in [2.75, 3.05) is 20.1 Å². The van der Waals surface area contributed by atoms with Gasteiger partial charge in [0.2, 0.25) is 5.91 Å². The molecule has 26 heavy (non-hydrogen) atoms. The van der Waals surface area contributed by atoms with Gasteiger partial charge in [0.05, 0.1) is 0 Å². The van der Waals surface area contributed by atoms with E-state index >= 15 is 0 Å². The summed E-state index contributed by atoms with van der Waals surface area (Å²) in [6.45, 7) is 8.75. The van der Waals surface area contributed by atoms with Crippen LogP contribution in [-0.4, -0.2) is 55.0 Å². The maximum atomic E-state index is 11.7. The summed E-state index contributed by atoms with van der Waals surface area (Å²) in [6, 6.07) is 11.7. The minimum Gasteiger partial charge on any atom is -0.356 e. The Morgan fingerprint density at radius 1 is 1.31 bits per heavy atom. The van der Waals surface area contributed by atoms with E-state index in [1.165, 1.54) is 5.56 Å². The number of nitrogens with one attached hydrogen (secondary N) is 3. The molecular formula is C20H33N5O. The lowest BCUT2D eigenvalue weighted by atomic mass is 10.2. The SMILES string of the molecule is CN=C(NCCC(=O)NC(C)C)NC1CC(C)N(Cc2ccccc2)C1. The molecule has 2 atom stereocenters. The first kappa shape index (κ1) is 20.2. The Kier molecular flexibility index (Phi) is 7.91. The van der Waals surface area contributed by atoms with Crippen molar-refractivity contribution in [2.45, 2.75) is 58.3 Å². The number of likely N-dealkylation sites (tertiary alicyclic amines) is 1. The average molecular weight is 360 g/mol. The van der Waals surface area contributed by atoms with E-state index in [1.807, 2.05) is 13.8 Å². The molecule has 3 N–H and O–H groups in total. The van der Waals surface area contributed by atoms with E-state index in [0.29, 0.717) is 25.0 Å². The molecule has 1 saturated heterocycles. The van der Waals surface area contributed by atoms with Gasteiger partial charge in [-0.2, -0.15) is 0 Å². The minimum atomic E-state index is 0.0616. The van der Waals surface area contributed by atoms with Crippen LogP contribution >= 0.6 is 0 Å². The van der Waals surface area contributed by atoms with E-state index in [9.17, 15) is 4.79 Å². The van der Waals surface area contributed by atoms with Gasteiger partial charge in [-0.1, -0.05) is 30.3 Å². The fourth-order valence-electron chi connectivity index (χ4n) is 3.32. The molecule has 1 heterocycles. The molecule has 0 aromatic heterocycles. The molecule has 0 saturated carbocycles. The molecule has 2 rings (SSSR count).